The Kier molecular flexibility index (Phi) is 4.91. The van der Waals surface area contributed by atoms with Crippen molar-refractivity contribution in [2.24, 2.45) is 0 Å². The van der Waals surface area contributed by atoms with E-state index in [1.54, 1.807) is 0 Å². The Morgan fingerprint density at radius 1 is 0.939 bits per heavy atom. The highest BCUT2D eigenvalue weighted by molar-refractivity contribution is 6.11. The summed E-state index contributed by atoms with van der Waals surface area (Å²) in [5.41, 5.74) is 3.26. The summed E-state index contributed by atoms with van der Waals surface area (Å²) < 4.78 is 17.1. The molecule has 1 spiro atoms. The lowest BCUT2D eigenvalue weighted by Gasteiger charge is -2.23. The maximum absolute atomic E-state index is 13.9. The van der Waals surface area contributed by atoms with E-state index in [4.69, 9.17) is 14.2 Å². The van der Waals surface area contributed by atoms with Crippen molar-refractivity contribution >= 4 is 11.6 Å². The van der Waals surface area contributed by atoms with Crippen LogP contribution in [-0.4, -0.2) is 43.9 Å². The SMILES string of the molecule is O=C1N(CCCNCCc2ccncc2)c2ccccc2C12COc1cc3c(cc12)OCO3. The van der Waals surface area contributed by atoms with Gasteiger partial charge in [-0.3, -0.25) is 9.78 Å². The standard InChI is InChI=1S/C26H25N3O4/c30-25-26(16-31-22-15-24-23(14-20(22)26)32-17-33-24)19-4-1-2-5-21(19)29(25)13-3-9-27-10-6-18-7-11-28-12-8-18/h1-2,4-5,7-8,11-12,14-15,27H,3,6,9-10,13,16-17H2. The van der Waals surface area contributed by atoms with Gasteiger partial charge in [0.25, 0.3) is 0 Å². The smallest absolute Gasteiger partial charge is 0.245 e. The molecule has 4 heterocycles. The fourth-order valence-corrected chi connectivity index (χ4v) is 5.06. The van der Waals surface area contributed by atoms with Crippen LogP contribution >= 0.6 is 0 Å². The second-order valence-corrected chi connectivity index (χ2v) is 8.58. The van der Waals surface area contributed by atoms with E-state index in [9.17, 15) is 4.79 Å². The number of fused-ring (bicyclic) bond motifs is 5. The van der Waals surface area contributed by atoms with Crippen LogP contribution in [0.25, 0.3) is 0 Å². The number of anilines is 1. The summed E-state index contributed by atoms with van der Waals surface area (Å²) in [7, 11) is 0. The van der Waals surface area contributed by atoms with Crippen LogP contribution in [0, 0.1) is 0 Å². The predicted octanol–water partition coefficient (Wildman–Crippen LogP) is 3.06. The highest BCUT2D eigenvalue weighted by atomic mass is 16.7. The van der Waals surface area contributed by atoms with Crippen LogP contribution < -0.4 is 24.4 Å². The second-order valence-electron chi connectivity index (χ2n) is 8.58. The van der Waals surface area contributed by atoms with E-state index in [0.717, 1.165) is 42.7 Å². The number of hydrogen-bond acceptors (Lipinski definition) is 6. The summed E-state index contributed by atoms with van der Waals surface area (Å²) in [6.45, 7) is 2.88. The minimum Gasteiger partial charge on any atom is -0.491 e. The zero-order chi connectivity index (χ0) is 22.3. The van der Waals surface area contributed by atoms with Gasteiger partial charge in [-0.05, 0) is 61.3 Å². The van der Waals surface area contributed by atoms with Crippen LogP contribution in [0.3, 0.4) is 0 Å². The molecule has 1 atom stereocenters. The molecule has 33 heavy (non-hydrogen) atoms. The van der Waals surface area contributed by atoms with Crippen molar-refractivity contribution in [3.05, 3.63) is 77.6 Å². The summed E-state index contributed by atoms with van der Waals surface area (Å²) in [5.74, 6) is 2.10. The molecule has 1 N–H and O–H groups in total. The van der Waals surface area contributed by atoms with E-state index < -0.39 is 5.41 Å². The van der Waals surface area contributed by atoms with Crippen molar-refractivity contribution in [3.8, 4) is 17.2 Å². The van der Waals surface area contributed by atoms with Crippen LogP contribution in [0.4, 0.5) is 5.69 Å². The van der Waals surface area contributed by atoms with Crippen LogP contribution in [0.1, 0.15) is 23.1 Å². The first-order valence-electron chi connectivity index (χ1n) is 11.4. The third-order valence-electron chi connectivity index (χ3n) is 6.72. The van der Waals surface area contributed by atoms with E-state index in [2.05, 4.69) is 10.3 Å². The quantitative estimate of drug-likeness (QED) is 0.566. The Labute approximate surface area is 192 Å². The molecule has 168 valence electrons. The fraction of sp³-hybridized carbons (Fsp3) is 0.308. The van der Waals surface area contributed by atoms with Crippen LogP contribution in [0.2, 0.25) is 0 Å². The Hall–Kier alpha value is -3.58. The normalized spacial score (nSPS) is 19.6. The maximum Gasteiger partial charge on any atom is 0.245 e. The summed E-state index contributed by atoms with van der Waals surface area (Å²) in [6.07, 6.45) is 5.46. The average Bonchev–Trinajstić information content (AvgIpc) is 3.52. The van der Waals surface area contributed by atoms with Gasteiger partial charge in [0.15, 0.2) is 11.5 Å². The number of carbonyl (C=O) groups is 1. The molecule has 0 saturated carbocycles. The largest absolute Gasteiger partial charge is 0.491 e. The van der Waals surface area contributed by atoms with E-state index in [-0.39, 0.29) is 12.7 Å². The number of amides is 1. The van der Waals surface area contributed by atoms with Gasteiger partial charge >= 0.3 is 0 Å². The van der Waals surface area contributed by atoms with Crippen LogP contribution in [0.5, 0.6) is 17.2 Å². The van der Waals surface area contributed by atoms with Crippen molar-refractivity contribution < 1.29 is 19.0 Å². The minimum atomic E-state index is -0.832. The van der Waals surface area contributed by atoms with E-state index in [1.165, 1.54) is 5.56 Å². The Bertz CT molecular complexity index is 1200. The minimum absolute atomic E-state index is 0.0677. The molecule has 1 amide bonds. The Morgan fingerprint density at radius 2 is 1.76 bits per heavy atom. The second kappa shape index (κ2) is 8.08. The summed E-state index contributed by atoms with van der Waals surface area (Å²) in [5, 5.41) is 3.49. The summed E-state index contributed by atoms with van der Waals surface area (Å²) in [6, 6.07) is 15.9. The third-order valence-corrected chi connectivity index (χ3v) is 6.72. The molecule has 3 aliphatic heterocycles. The van der Waals surface area contributed by atoms with Crippen molar-refractivity contribution in [1.82, 2.24) is 10.3 Å². The van der Waals surface area contributed by atoms with Gasteiger partial charge in [0.2, 0.25) is 12.7 Å². The number of rotatable bonds is 7. The third kappa shape index (κ3) is 3.23. The molecule has 1 unspecified atom stereocenters. The number of benzene rings is 2. The van der Waals surface area contributed by atoms with Gasteiger partial charge in [-0.25, -0.2) is 0 Å². The molecular formula is C26H25N3O4. The van der Waals surface area contributed by atoms with Gasteiger partial charge in [0.05, 0.1) is 0 Å². The van der Waals surface area contributed by atoms with Gasteiger partial charge in [0, 0.05) is 36.3 Å². The first-order chi connectivity index (χ1) is 16.3. The monoisotopic (exact) mass is 443 g/mol. The number of pyridine rings is 1. The molecule has 6 rings (SSSR count). The molecule has 0 radical (unpaired) electrons. The first-order valence-corrected chi connectivity index (χ1v) is 11.4. The number of hydrogen-bond donors (Lipinski definition) is 1. The molecule has 2 aromatic carbocycles. The Morgan fingerprint density at radius 3 is 2.64 bits per heavy atom. The zero-order valence-corrected chi connectivity index (χ0v) is 18.3. The highest BCUT2D eigenvalue weighted by Crippen LogP contribution is 2.54. The molecule has 7 nitrogen and oxygen atoms in total. The Balaban J connectivity index is 1.18. The van der Waals surface area contributed by atoms with Gasteiger partial charge in [-0.2, -0.15) is 0 Å². The molecule has 1 aromatic heterocycles. The average molecular weight is 444 g/mol. The van der Waals surface area contributed by atoms with Crippen LogP contribution in [-0.2, 0) is 16.6 Å². The molecule has 3 aromatic rings. The lowest BCUT2D eigenvalue weighted by Crippen LogP contribution is -2.43. The summed E-state index contributed by atoms with van der Waals surface area (Å²) in [4.78, 5) is 19.9. The number of carbonyl (C=O) groups excluding carboxylic acids is 1. The number of aromatic nitrogens is 1. The van der Waals surface area contributed by atoms with Crippen LogP contribution in [0.15, 0.2) is 60.9 Å². The molecule has 0 aliphatic carbocycles. The molecule has 3 aliphatic rings. The molecule has 0 bridgehead atoms. The predicted molar refractivity (Wildman–Crippen MR) is 123 cm³/mol. The van der Waals surface area contributed by atoms with Gasteiger partial charge < -0.3 is 24.4 Å². The van der Waals surface area contributed by atoms with E-state index >= 15 is 0 Å². The topological polar surface area (TPSA) is 72.9 Å². The zero-order valence-electron chi connectivity index (χ0n) is 18.3. The van der Waals surface area contributed by atoms with Gasteiger partial charge in [0.1, 0.15) is 17.8 Å². The van der Waals surface area contributed by atoms with Crippen molar-refractivity contribution in [1.29, 1.82) is 0 Å². The van der Waals surface area contributed by atoms with E-state index in [0.29, 0.717) is 30.4 Å². The summed E-state index contributed by atoms with van der Waals surface area (Å²) >= 11 is 0. The molecule has 0 saturated heterocycles. The molecule has 7 heteroatoms. The van der Waals surface area contributed by atoms with Gasteiger partial charge in [-0.15, -0.1) is 0 Å². The number of nitrogens with one attached hydrogen (secondary N) is 1. The number of ether oxygens (including phenoxy) is 3. The van der Waals surface area contributed by atoms with Crippen molar-refractivity contribution in [2.45, 2.75) is 18.3 Å². The fourth-order valence-electron chi connectivity index (χ4n) is 5.06. The van der Waals surface area contributed by atoms with Crippen molar-refractivity contribution in [3.63, 3.8) is 0 Å². The highest BCUT2D eigenvalue weighted by Gasteiger charge is 2.57. The number of para-hydroxylation sites is 1. The van der Waals surface area contributed by atoms with Gasteiger partial charge in [-0.1, -0.05) is 18.2 Å². The number of nitrogens with zero attached hydrogens (tertiary/aromatic N) is 2. The van der Waals surface area contributed by atoms with E-state index in [1.807, 2.05) is 65.8 Å². The lowest BCUT2D eigenvalue weighted by molar-refractivity contribution is -0.122. The molecule has 0 fully saturated rings. The first kappa shape index (κ1) is 20.1. The maximum atomic E-state index is 13.9. The lowest BCUT2D eigenvalue weighted by atomic mass is 9.77. The van der Waals surface area contributed by atoms with Crippen molar-refractivity contribution in [2.75, 3.05) is 37.9 Å². The molecular weight excluding hydrogens is 418 g/mol.